The van der Waals surface area contributed by atoms with Gasteiger partial charge in [-0.2, -0.15) is 0 Å². The molecule has 6 aliphatic rings. The van der Waals surface area contributed by atoms with Crippen LogP contribution in [0.25, 0.3) is 0 Å². The number of amides is 2. The number of ether oxygens (including phenoxy) is 1. The van der Waals surface area contributed by atoms with Gasteiger partial charge in [0.2, 0.25) is 21.8 Å². The third-order valence-corrected chi connectivity index (χ3v) is 17.4. The maximum Gasteiger partial charge on any atom is 0.225 e. The minimum Gasteiger partial charge on any atom is -0.379 e. The third-order valence-electron chi connectivity index (χ3n) is 16.1. The Balaban J connectivity index is 1.15. The molecule has 310 valence electrons. The molecule has 0 aromatic carbocycles. The zero-order chi connectivity index (χ0) is 38.5. The summed E-state index contributed by atoms with van der Waals surface area (Å²) in [5, 5.41) is 6.85. The SMILES string of the molecule is CCN(C1CCN(S(C)(=O)=O)CC1)C1CC(C2CCC(CN3CCOCC3)CC2)CC(C(=O)NCC2C(=O)NC(C)C3(CCCCCCCC3)C2C)C1C. The van der Waals surface area contributed by atoms with Gasteiger partial charge in [0, 0.05) is 63.3 Å². The second-order valence-electron chi connectivity index (χ2n) is 18.9. The fourth-order valence-electron chi connectivity index (χ4n) is 12.6. The van der Waals surface area contributed by atoms with Crippen LogP contribution in [0, 0.1) is 46.8 Å². The van der Waals surface area contributed by atoms with E-state index in [2.05, 4.69) is 48.1 Å². The van der Waals surface area contributed by atoms with E-state index in [1.54, 1.807) is 4.31 Å². The molecule has 2 amide bonds. The Morgan fingerprint density at radius 3 is 2.13 bits per heavy atom. The molecule has 2 N–H and O–H groups in total. The van der Waals surface area contributed by atoms with Gasteiger partial charge in [0.15, 0.2) is 0 Å². The second-order valence-corrected chi connectivity index (χ2v) is 20.9. The fraction of sp³-hybridized carbons (Fsp3) is 0.953. The molecule has 11 heteroatoms. The van der Waals surface area contributed by atoms with Gasteiger partial charge in [-0.25, -0.2) is 12.7 Å². The van der Waals surface area contributed by atoms with Crippen molar-refractivity contribution in [2.75, 3.05) is 65.3 Å². The van der Waals surface area contributed by atoms with Gasteiger partial charge in [-0.1, -0.05) is 59.3 Å². The maximum atomic E-state index is 14.6. The smallest absolute Gasteiger partial charge is 0.225 e. The van der Waals surface area contributed by atoms with Gasteiger partial charge in [-0.15, -0.1) is 0 Å². The molecule has 0 bridgehead atoms. The van der Waals surface area contributed by atoms with Gasteiger partial charge in [0.05, 0.1) is 25.4 Å². The quantitative estimate of drug-likeness (QED) is 0.284. The van der Waals surface area contributed by atoms with E-state index >= 15 is 0 Å². The fourth-order valence-corrected chi connectivity index (χ4v) is 13.5. The van der Waals surface area contributed by atoms with Crippen molar-refractivity contribution in [2.45, 2.75) is 149 Å². The third kappa shape index (κ3) is 9.87. The maximum absolute atomic E-state index is 14.6. The first kappa shape index (κ1) is 42.3. The van der Waals surface area contributed by atoms with E-state index in [4.69, 9.17) is 4.74 Å². The molecule has 54 heavy (non-hydrogen) atoms. The van der Waals surface area contributed by atoms with Crippen LogP contribution in [0.1, 0.15) is 130 Å². The van der Waals surface area contributed by atoms with Crippen molar-refractivity contribution in [3.05, 3.63) is 0 Å². The van der Waals surface area contributed by atoms with E-state index in [0.717, 1.165) is 77.3 Å². The van der Waals surface area contributed by atoms with Gasteiger partial charge >= 0.3 is 0 Å². The summed E-state index contributed by atoms with van der Waals surface area (Å²) >= 11 is 0. The Morgan fingerprint density at radius 1 is 0.889 bits per heavy atom. The highest BCUT2D eigenvalue weighted by Crippen LogP contribution is 2.49. The van der Waals surface area contributed by atoms with Crippen molar-refractivity contribution in [3.63, 3.8) is 0 Å². The van der Waals surface area contributed by atoms with E-state index in [9.17, 15) is 18.0 Å². The van der Waals surface area contributed by atoms with Gasteiger partial charge in [-0.05, 0) is 113 Å². The summed E-state index contributed by atoms with van der Waals surface area (Å²) < 4.78 is 32.0. The van der Waals surface area contributed by atoms with E-state index in [0.29, 0.717) is 37.5 Å². The number of morpholine rings is 1. The molecule has 1 spiro atoms. The number of carbonyl (C=O) groups is 2. The van der Waals surface area contributed by atoms with Crippen LogP contribution in [0.3, 0.4) is 0 Å². The van der Waals surface area contributed by atoms with E-state index in [1.165, 1.54) is 77.0 Å². The Morgan fingerprint density at radius 2 is 1.52 bits per heavy atom. The van der Waals surface area contributed by atoms with Crippen molar-refractivity contribution in [1.82, 2.24) is 24.7 Å². The monoisotopic (exact) mass is 776 g/mol. The number of nitrogens with one attached hydrogen (secondary N) is 2. The van der Waals surface area contributed by atoms with Crippen LogP contribution in [0.2, 0.25) is 0 Å². The van der Waals surface area contributed by atoms with Gasteiger partial charge in [0.1, 0.15) is 0 Å². The Kier molecular flexibility index (Phi) is 14.9. The Hall–Kier alpha value is -1.27. The lowest BCUT2D eigenvalue weighted by molar-refractivity contribution is -0.139. The summed E-state index contributed by atoms with van der Waals surface area (Å²) in [5.74, 6) is 2.25. The van der Waals surface area contributed by atoms with Gasteiger partial charge in [-0.3, -0.25) is 19.4 Å². The molecular weight excluding hydrogens is 699 g/mol. The number of sulfonamides is 1. The van der Waals surface area contributed by atoms with Crippen molar-refractivity contribution < 1.29 is 22.7 Å². The summed E-state index contributed by atoms with van der Waals surface area (Å²) in [5.41, 5.74) is 0.0941. The van der Waals surface area contributed by atoms with Crippen molar-refractivity contribution >= 4 is 21.8 Å². The molecule has 7 atom stereocenters. The highest BCUT2D eigenvalue weighted by atomic mass is 32.2. The molecule has 3 saturated heterocycles. The van der Waals surface area contributed by atoms with Crippen molar-refractivity contribution in [1.29, 1.82) is 0 Å². The molecule has 7 unspecified atom stereocenters. The molecule has 0 aromatic rings. The molecule has 6 fully saturated rings. The van der Waals surface area contributed by atoms with Crippen LogP contribution in [-0.2, 0) is 24.3 Å². The summed E-state index contributed by atoms with van der Waals surface area (Å²) in [6.07, 6.45) is 20.0. The Labute approximate surface area is 329 Å². The van der Waals surface area contributed by atoms with Crippen LogP contribution in [0.5, 0.6) is 0 Å². The predicted octanol–water partition coefficient (Wildman–Crippen LogP) is 5.91. The largest absolute Gasteiger partial charge is 0.379 e. The minimum absolute atomic E-state index is 0.0928. The Bertz CT molecular complexity index is 1310. The molecule has 6 rings (SSSR count). The predicted molar refractivity (Wildman–Crippen MR) is 216 cm³/mol. The lowest BCUT2D eigenvalue weighted by Gasteiger charge is -2.52. The van der Waals surface area contributed by atoms with Crippen LogP contribution < -0.4 is 10.6 Å². The molecular formula is C43H77N5O5S. The van der Waals surface area contributed by atoms with Crippen molar-refractivity contribution in [2.24, 2.45) is 46.8 Å². The average molecular weight is 776 g/mol. The first-order valence-corrected chi connectivity index (χ1v) is 24.3. The summed E-state index contributed by atoms with van der Waals surface area (Å²) in [7, 11) is -3.19. The zero-order valence-corrected chi connectivity index (χ0v) is 35.6. The number of hydrogen-bond acceptors (Lipinski definition) is 7. The van der Waals surface area contributed by atoms with E-state index in [1.807, 2.05) is 0 Å². The number of hydrogen-bond donors (Lipinski definition) is 2. The van der Waals surface area contributed by atoms with E-state index in [-0.39, 0.29) is 53.0 Å². The van der Waals surface area contributed by atoms with Crippen LogP contribution in [0.15, 0.2) is 0 Å². The minimum atomic E-state index is -3.19. The molecule has 3 aliphatic heterocycles. The van der Waals surface area contributed by atoms with Gasteiger partial charge < -0.3 is 15.4 Å². The lowest BCUT2D eigenvalue weighted by atomic mass is 9.59. The number of carbonyl (C=O) groups excluding carboxylic acids is 2. The second kappa shape index (κ2) is 19.0. The van der Waals surface area contributed by atoms with Crippen LogP contribution in [-0.4, -0.2) is 118 Å². The van der Waals surface area contributed by atoms with E-state index < -0.39 is 10.0 Å². The first-order chi connectivity index (χ1) is 25.9. The molecule has 0 radical (unpaired) electrons. The highest BCUT2D eigenvalue weighted by Gasteiger charge is 2.51. The molecule has 3 aliphatic carbocycles. The molecule has 3 saturated carbocycles. The number of rotatable bonds is 10. The number of piperidine rings is 2. The standard InChI is InChI=1S/C43H77N5O5S/c1-6-48(37-17-21-47(22-18-37)54(5,51)52)40-28-36(35-15-13-34(14-16-35)30-46-23-25-53-26-24-46)27-38(31(40)2)41(49)44-29-39-32(3)43(33(4)45-42(39)50)19-11-9-7-8-10-12-20-43/h31-40H,6-30H2,1-5H3,(H,44,49)(H,45,50). The average Bonchev–Trinajstić information content (AvgIpc) is 3.29. The summed E-state index contributed by atoms with van der Waals surface area (Å²) in [6, 6.07) is 0.772. The van der Waals surface area contributed by atoms with Crippen LogP contribution >= 0.6 is 0 Å². The normalized spacial score (nSPS) is 36.9. The van der Waals surface area contributed by atoms with Crippen LogP contribution in [0.4, 0.5) is 0 Å². The lowest BCUT2D eigenvalue weighted by Crippen LogP contribution is -2.61. The highest BCUT2D eigenvalue weighted by molar-refractivity contribution is 7.88. The van der Waals surface area contributed by atoms with Crippen molar-refractivity contribution in [3.8, 4) is 0 Å². The summed E-state index contributed by atoms with van der Waals surface area (Å²) in [6.45, 7) is 16.6. The molecule has 10 nitrogen and oxygen atoms in total. The summed E-state index contributed by atoms with van der Waals surface area (Å²) in [4.78, 5) is 33.5. The molecule has 3 heterocycles. The number of nitrogens with zero attached hydrogens (tertiary/aromatic N) is 3. The topological polar surface area (TPSA) is 111 Å². The van der Waals surface area contributed by atoms with Gasteiger partial charge in [0.25, 0.3) is 0 Å². The zero-order valence-electron chi connectivity index (χ0n) is 34.7. The first-order valence-electron chi connectivity index (χ1n) is 22.5. The molecule has 0 aromatic heterocycles.